The lowest BCUT2D eigenvalue weighted by molar-refractivity contribution is -0.112. The van der Waals surface area contributed by atoms with Gasteiger partial charge in [0.15, 0.2) is 11.5 Å². The maximum atomic E-state index is 12.7. The van der Waals surface area contributed by atoms with Gasteiger partial charge >= 0.3 is 0 Å². The lowest BCUT2D eigenvalue weighted by Crippen LogP contribution is -2.13. The van der Waals surface area contributed by atoms with Gasteiger partial charge < -0.3 is 19.5 Å². The quantitative estimate of drug-likeness (QED) is 0.142. The molecule has 0 saturated heterocycles. The van der Waals surface area contributed by atoms with Crippen LogP contribution in [0, 0.1) is 14.9 Å². The Morgan fingerprint density at radius 2 is 1.75 bits per heavy atom. The van der Waals surface area contributed by atoms with Crippen molar-refractivity contribution >= 4 is 51.0 Å². The molecule has 0 aliphatic rings. The normalized spacial score (nSPS) is 11.0. The molecule has 0 bridgehead atoms. The van der Waals surface area contributed by atoms with E-state index in [1.807, 2.05) is 36.4 Å². The monoisotopic (exact) mass is 590 g/mol. The van der Waals surface area contributed by atoms with Crippen LogP contribution in [0.3, 0.4) is 0 Å². The van der Waals surface area contributed by atoms with Crippen LogP contribution in [0.15, 0.2) is 84.4 Å². The van der Waals surface area contributed by atoms with Crippen molar-refractivity contribution in [2.24, 2.45) is 0 Å². The molecule has 4 aromatic rings. The largest absolute Gasteiger partial charge is 0.497 e. The summed E-state index contributed by atoms with van der Waals surface area (Å²) in [5, 5.41) is 14.6. The Morgan fingerprint density at radius 3 is 2.47 bits per heavy atom. The van der Waals surface area contributed by atoms with Gasteiger partial charge in [-0.3, -0.25) is 4.79 Å². The van der Waals surface area contributed by atoms with E-state index in [9.17, 15) is 10.1 Å². The second-order valence-electron chi connectivity index (χ2n) is 7.81. The first kappa shape index (κ1) is 25.1. The Balaban J connectivity index is 1.55. The van der Waals surface area contributed by atoms with Gasteiger partial charge in [-0.25, -0.2) is 0 Å². The van der Waals surface area contributed by atoms with Gasteiger partial charge in [0.25, 0.3) is 5.91 Å². The fourth-order valence-electron chi connectivity index (χ4n) is 3.72. The predicted octanol–water partition coefficient (Wildman–Crippen LogP) is 6.59. The number of methoxy groups -OCH3 is 2. The molecule has 0 aliphatic carbocycles. The summed E-state index contributed by atoms with van der Waals surface area (Å²) in [5.41, 5.74) is 2.24. The summed E-state index contributed by atoms with van der Waals surface area (Å²) in [7, 11) is 3.13. The van der Waals surface area contributed by atoms with Crippen LogP contribution in [0.5, 0.6) is 17.2 Å². The van der Waals surface area contributed by atoms with Crippen LogP contribution in [0.2, 0.25) is 0 Å². The van der Waals surface area contributed by atoms with Crippen molar-refractivity contribution in [3.05, 3.63) is 99.1 Å². The van der Waals surface area contributed by atoms with Gasteiger partial charge in [0.05, 0.1) is 17.8 Å². The minimum absolute atomic E-state index is 0.0342. The molecule has 0 radical (unpaired) electrons. The van der Waals surface area contributed by atoms with Crippen molar-refractivity contribution in [2.75, 3.05) is 19.5 Å². The number of carbonyl (C=O) groups excluding carboxylic acids is 1. The number of nitrogens with zero attached hydrogens (tertiary/aromatic N) is 1. The predicted molar refractivity (Wildman–Crippen MR) is 149 cm³/mol. The fourth-order valence-corrected chi connectivity index (χ4v) is 4.50. The number of hydrogen-bond acceptors (Lipinski definition) is 5. The van der Waals surface area contributed by atoms with Gasteiger partial charge in [0.2, 0.25) is 0 Å². The third-order valence-electron chi connectivity index (χ3n) is 5.53. The molecule has 180 valence electrons. The highest BCUT2D eigenvalue weighted by molar-refractivity contribution is 14.1. The maximum Gasteiger partial charge on any atom is 0.266 e. The van der Waals surface area contributed by atoms with Crippen LogP contribution < -0.4 is 19.5 Å². The summed E-state index contributed by atoms with van der Waals surface area (Å²) < 4.78 is 17.7. The summed E-state index contributed by atoms with van der Waals surface area (Å²) in [6, 6.07) is 26.7. The fraction of sp³-hybridized carbons (Fsp3) is 0.103. The number of hydrogen-bond donors (Lipinski definition) is 1. The Morgan fingerprint density at radius 1 is 1.00 bits per heavy atom. The summed E-state index contributed by atoms with van der Waals surface area (Å²) in [6.07, 6.45) is 1.53. The van der Waals surface area contributed by atoms with Crippen LogP contribution in [-0.4, -0.2) is 20.1 Å². The number of fused-ring (bicyclic) bond motifs is 1. The first-order chi connectivity index (χ1) is 17.5. The van der Waals surface area contributed by atoms with Crippen molar-refractivity contribution in [2.45, 2.75) is 6.61 Å². The van der Waals surface area contributed by atoms with E-state index in [1.54, 1.807) is 44.6 Å². The van der Waals surface area contributed by atoms with E-state index in [1.165, 1.54) is 6.08 Å². The molecule has 0 aliphatic heterocycles. The summed E-state index contributed by atoms with van der Waals surface area (Å²) in [6.45, 7) is 0.372. The lowest BCUT2D eigenvalue weighted by Gasteiger charge is -2.15. The first-order valence-electron chi connectivity index (χ1n) is 11.1. The van der Waals surface area contributed by atoms with E-state index in [2.05, 4.69) is 46.1 Å². The molecule has 7 heteroatoms. The number of nitrogens with one attached hydrogen (secondary N) is 1. The van der Waals surface area contributed by atoms with Crippen molar-refractivity contribution in [3.63, 3.8) is 0 Å². The number of halogens is 1. The van der Waals surface area contributed by atoms with Crippen LogP contribution >= 0.6 is 22.6 Å². The van der Waals surface area contributed by atoms with E-state index in [4.69, 9.17) is 14.2 Å². The zero-order valence-electron chi connectivity index (χ0n) is 19.7. The highest BCUT2D eigenvalue weighted by atomic mass is 127. The summed E-state index contributed by atoms with van der Waals surface area (Å²) in [4.78, 5) is 12.7. The number of anilines is 1. The van der Waals surface area contributed by atoms with Gasteiger partial charge in [-0.05, 0) is 87.0 Å². The van der Waals surface area contributed by atoms with Gasteiger partial charge in [-0.15, -0.1) is 0 Å². The minimum Gasteiger partial charge on any atom is -0.497 e. The van der Waals surface area contributed by atoms with Crippen LogP contribution in [0.1, 0.15) is 11.1 Å². The van der Waals surface area contributed by atoms with Crippen LogP contribution in [-0.2, 0) is 11.4 Å². The highest BCUT2D eigenvalue weighted by Gasteiger charge is 2.15. The number of ether oxygens (including phenoxy) is 3. The van der Waals surface area contributed by atoms with Gasteiger partial charge in [-0.1, -0.05) is 42.5 Å². The molecule has 4 rings (SSSR count). The molecular formula is C29H23IN2O4. The summed E-state index contributed by atoms with van der Waals surface area (Å²) >= 11 is 2.17. The maximum absolute atomic E-state index is 12.7. The van der Waals surface area contributed by atoms with Crippen LogP contribution in [0.25, 0.3) is 16.8 Å². The van der Waals surface area contributed by atoms with Gasteiger partial charge in [-0.2, -0.15) is 5.26 Å². The third kappa shape index (κ3) is 5.78. The van der Waals surface area contributed by atoms with Crippen molar-refractivity contribution < 1.29 is 19.0 Å². The molecule has 0 atom stereocenters. The molecular weight excluding hydrogens is 567 g/mol. The molecule has 1 amide bonds. The topological polar surface area (TPSA) is 80.6 Å². The van der Waals surface area contributed by atoms with Crippen molar-refractivity contribution in [1.29, 1.82) is 5.26 Å². The Kier molecular flexibility index (Phi) is 8.08. The molecule has 0 heterocycles. The second kappa shape index (κ2) is 11.6. The minimum atomic E-state index is -0.507. The molecule has 0 unspecified atom stereocenters. The molecule has 36 heavy (non-hydrogen) atoms. The zero-order chi connectivity index (χ0) is 25.5. The zero-order valence-corrected chi connectivity index (χ0v) is 21.9. The Bertz CT molecular complexity index is 1470. The van der Waals surface area contributed by atoms with Gasteiger partial charge in [0, 0.05) is 5.69 Å². The van der Waals surface area contributed by atoms with E-state index >= 15 is 0 Å². The number of amides is 1. The van der Waals surface area contributed by atoms with Crippen LogP contribution in [0.4, 0.5) is 5.69 Å². The van der Waals surface area contributed by atoms with E-state index in [-0.39, 0.29) is 5.57 Å². The second-order valence-corrected chi connectivity index (χ2v) is 8.98. The molecule has 0 saturated carbocycles. The molecule has 6 nitrogen and oxygen atoms in total. The molecule has 1 N–H and O–H groups in total. The standard InChI is InChI=1S/C29H23IN2O4/c1-34-24-12-10-23(11-13-24)32-29(33)22(17-31)14-19-15-26(30)28(27(16-19)35-2)36-18-21-8-5-7-20-6-3-4-9-25(20)21/h3-16H,18H2,1-2H3,(H,32,33)/b22-14-. The molecule has 0 spiro atoms. The van der Waals surface area contributed by atoms with E-state index < -0.39 is 5.91 Å². The average Bonchev–Trinajstić information content (AvgIpc) is 2.91. The molecule has 0 aromatic heterocycles. The Labute approximate surface area is 223 Å². The SMILES string of the molecule is COc1ccc(NC(=O)/C(C#N)=C\c2cc(I)c(OCc3cccc4ccccc34)c(OC)c2)cc1. The Hall–Kier alpha value is -4.03. The number of nitriles is 1. The van der Waals surface area contributed by atoms with E-state index in [0.717, 1.165) is 19.9 Å². The highest BCUT2D eigenvalue weighted by Crippen LogP contribution is 2.35. The lowest BCUT2D eigenvalue weighted by atomic mass is 10.1. The number of carbonyl (C=O) groups is 1. The molecule has 4 aromatic carbocycles. The van der Waals surface area contributed by atoms with E-state index in [0.29, 0.717) is 35.1 Å². The smallest absolute Gasteiger partial charge is 0.266 e. The van der Waals surface area contributed by atoms with Gasteiger partial charge in [0.1, 0.15) is 24.0 Å². The summed E-state index contributed by atoms with van der Waals surface area (Å²) in [5.74, 6) is 1.28. The molecule has 0 fully saturated rings. The number of benzene rings is 4. The first-order valence-corrected chi connectivity index (χ1v) is 12.1. The number of rotatable bonds is 8. The average molecular weight is 590 g/mol. The third-order valence-corrected chi connectivity index (χ3v) is 6.33. The van der Waals surface area contributed by atoms with Crippen molar-refractivity contribution in [1.82, 2.24) is 0 Å². The van der Waals surface area contributed by atoms with Crippen molar-refractivity contribution in [3.8, 4) is 23.3 Å².